The van der Waals surface area contributed by atoms with Crippen LogP contribution in [0.2, 0.25) is 0 Å². The van der Waals surface area contributed by atoms with E-state index in [-0.39, 0.29) is 6.10 Å². The van der Waals surface area contributed by atoms with Gasteiger partial charge < -0.3 is 15.2 Å². The maximum absolute atomic E-state index is 11.6. The maximum atomic E-state index is 11.6. The number of rotatable bonds is 4. The van der Waals surface area contributed by atoms with Gasteiger partial charge in [-0.15, -0.1) is 0 Å². The largest absolute Gasteiger partial charge is 0.480 e. The fourth-order valence-electron chi connectivity index (χ4n) is 3.46. The summed E-state index contributed by atoms with van der Waals surface area (Å²) in [6.07, 6.45) is 3.70. The van der Waals surface area contributed by atoms with Gasteiger partial charge in [-0.3, -0.25) is 9.69 Å². The second kappa shape index (κ2) is 6.20. The van der Waals surface area contributed by atoms with E-state index in [9.17, 15) is 9.90 Å². The van der Waals surface area contributed by atoms with E-state index < -0.39 is 11.5 Å². The molecule has 3 atom stereocenters. The maximum Gasteiger partial charge on any atom is 0.323 e. The number of carboxylic acid groups (broad SMARTS) is 1. The molecule has 1 saturated heterocycles. The van der Waals surface area contributed by atoms with E-state index >= 15 is 0 Å². The molecule has 0 bridgehead atoms. The molecule has 0 spiro atoms. The third kappa shape index (κ3) is 3.27. The summed E-state index contributed by atoms with van der Waals surface area (Å²) in [6, 6.07) is 0.374. The van der Waals surface area contributed by atoms with Crippen LogP contribution in [-0.2, 0) is 9.53 Å². The Bertz CT molecular complexity index is 324. The summed E-state index contributed by atoms with van der Waals surface area (Å²) >= 11 is 0. The van der Waals surface area contributed by atoms with Gasteiger partial charge in [-0.2, -0.15) is 0 Å². The van der Waals surface area contributed by atoms with Gasteiger partial charge in [0.1, 0.15) is 5.54 Å². The lowest BCUT2D eigenvalue weighted by atomic mass is 9.97. The van der Waals surface area contributed by atoms with Crippen LogP contribution < -0.4 is 5.32 Å². The van der Waals surface area contributed by atoms with Gasteiger partial charge >= 0.3 is 5.97 Å². The van der Waals surface area contributed by atoms with Crippen molar-refractivity contribution in [3.63, 3.8) is 0 Å². The third-order valence-electron chi connectivity index (χ3n) is 4.41. The van der Waals surface area contributed by atoms with Gasteiger partial charge in [0.15, 0.2) is 0 Å². The number of hydrogen-bond acceptors (Lipinski definition) is 4. The number of carboxylic acids is 1. The summed E-state index contributed by atoms with van der Waals surface area (Å²) in [5.41, 5.74) is -0.712. The number of carbonyl (C=O) groups is 1. The van der Waals surface area contributed by atoms with Crippen LogP contribution in [0, 0.1) is 0 Å². The summed E-state index contributed by atoms with van der Waals surface area (Å²) in [5.74, 6) is -0.698. The Hall–Kier alpha value is -0.650. The minimum absolute atomic E-state index is 0.251. The summed E-state index contributed by atoms with van der Waals surface area (Å²) in [7, 11) is 0. The molecule has 5 nitrogen and oxygen atoms in total. The van der Waals surface area contributed by atoms with Crippen LogP contribution >= 0.6 is 0 Å². The molecular weight excluding hydrogens is 244 g/mol. The summed E-state index contributed by atoms with van der Waals surface area (Å²) in [6.45, 7) is 7.55. The van der Waals surface area contributed by atoms with E-state index in [0.29, 0.717) is 19.0 Å². The van der Waals surface area contributed by atoms with E-state index in [4.69, 9.17) is 4.74 Å². The first kappa shape index (κ1) is 14.8. The Labute approximate surface area is 115 Å². The highest BCUT2D eigenvalue weighted by molar-refractivity contribution is 5.79. The standard InChI is InChI=1S/C14H26N2O3/c1-3-15-14(13(17)18)6-5-12(9-14)16-7-4-8-19-11(2)10-16/h11-12,15H,3-10H2,1-2H3,(H,17,18). The molecule has 2 N–H and O–H groups in total. The molecule has 0 radical (unpaired) electrons. The first-order valence-electron chi connectivity index (χ1n) is 7.41. The van der Waals surface area contributed by atoms with Gasteiger partial charge in [0.25, 0.3) is 0 Å². The number of nitrogens with zero attached hydrogens (tertiary/aromatic N) is 1. The molecular formula is C14H26N2O3. The lowest BCUT2D eigenvalue weighted by molar-refractivity contribution is -0.144. The predicted octanol–water partition coefficient (Wildman–Crippen LogP) is 1.08. The average molecular weight is 270 g/mol. The lowest BCUT2D eigenvalue weighted by Gasteiger charge is -2.31. The molecule has 1 saturated carbocycles. The van der Waals surface area contributed by atoms with Crippen LogP contribution in [0.4, 0.5) is 0 Å². The van der Waals surface area contributed by atoms with Crippen molar-refractivity contribution < 1.29 is 14.6 Å². The predicted molar refractivity (Wildman–Crippen MR) is 73.3 cm³/mol. The molecule has 0 aromatic heterocycles. The van der Waals surface area contributed by atoms with Crippen molar-refractivity contribution in [3.8, 4) is 0 Å². The zero-order valence-electron chi connectivity index (χ0n) is 12.0. The Balaban J connectivity index is 2.01. The highest BCUT2D eigenvalue weighted by Gasteiger charge is 2.46. The molecule has 1 aliphatic carbocycles. The number of hydrogen-bond donors (Lipinski definition) is 2. The van der Waals surface area contributed by atoms with E-state index in [1.165, 1.54) is 0 Å². The smallest absolute Gasteiger partial charge is 0.323 e. The van der Waals surface area contributed by atoms with Crippen LogP contribution in [-0.4, -0.2) is 59.9 Å². The van der Waals surface area contributed by atoms with Gasteiger partial charge in [0, 0.05) is 25.7 Å². The first-order chi connectivity index (χ1) is 9.07. The van der Waals surface area contributed by atoms with E-state index in [2.05, 4.69) is 17.1 Å². The fourth-order valence-corrected chi connectivity index (χ4v) is 3.46. The third-order valence-corrected chi connectivity index (χ3v) is 4.41. The van der Waals surface area contributed by atoms with Crippen molar-refractivity contribution >= 4 is 5.97 Å². The number of ether oxygens (including phenoxy) is 1. The second-order valence-corrected chi connectivity index (χ2v) is 5.84. The molecule has 0 aromatic rings. The molecule has 1 heterocycles. The molecule has 5 heteroatoms. The minimum Gasteiger partial charge on any atom is -0.480 e. The highest BCUT2D eigenvalue weighted by atomic mass is 16.5. The molecule has 3 unspecified atom stereocenters. The average Bonchev–Trinajstić information content (AvgIpc) is 2.68. The summed E-state index contributed by atoms with van der Waals surface area (Å²) < 4.78 is 5.67. The van der Waals surface area contributed by atoms with Crippen LogP contribution in [0.25, 0.3) is 0 Å². The van der Waals surface area contributed by atoms with Crippen molar-refractivity contribution in [2.24, 2.45) is 0 Å². The monoisotopic (exact) mass is 270 g/mol. The van der Waals surface area contributed by atoms with E-state index in [0.717, 1.165) is 39.0 Å². The van der Waals surface area contributed by atoms with Gasteiger partial charge in [0.2, 0.25) is 0 Å². The zero-order valence-corrected chi connectivity index (χ0v) is 12.0. The number of aliphatic carboxylic acids is 1. The lowest BCUT2D eigenvalue weighted by Crippen LogP contribution is -2.51. The summed E-state index contributed by atoms with van der Waals surface area (Å²) in [5, 5.41) is 12.7. The van der Waals surface area contributed by atoms with Crippen molar-refractivity contribution in [3.05, 3.63) is 0 Å². The van der Waals surface area contributed by atoms with Crippen LogP contribution in [0.15, 0.2) is 0 Å². The molecule has 19 heavy (non-hydrogen) atoms. The topological polar surface area (TPSA) is 61.8 Å². The molecule has 110 valence electrons. The first-order valence-corrected chi connectivity index (χ1v) is 7.41. The SMILES string of the molecule is CCNC1(C(=O)O)CCC(N2CCCOC(C)C2)C1. The quantitative estimate of drug-likeness (QED) is 0.800. The van der Waals surface area contributed by atoms with Gasteiger partial charge in [-0.25, -0.2) is 0 Å². The van der Waals surface area contributed by atoms with Crippen molar-refractivity contribution in [2.75, 3.05) is 26.2 Å². The highest BCUT2D eigenvalue weighted by Crippen LogP contribution is 2.34. The Morgan fingerprint density at radius 1 is 1.58 bits per heavy atom. The van der Waals surface area contributed by atoms with Gasteiger partial charge in [0.05, 0.1) is 6.10 Å². The molecule has 0 amide bonds. The Morgan fingerprint density at radius 2 is 2.37 bits per heavy atom. The second-order valence-electron chi connectivity index (χ2n) is 5.84. The van der Waals surface area contributed by atoms with E-state index in [1.807, 2.05) is 6.92 Å². The molecule has 2 rings (SSSR count). The van der Waals surface area contributed by atoms with E-state index in [1.54, 1.807) is 0 Å². The zero-order chi connectivity index (χ0) is 13.9. The Morgan fingerprint density at radius 3 is 3.05 bits per heavy atom. The van der Waals surface area contributed by atoms with Crippen molar-refractivity contribution in [1.29, 1.82) is 0 Å². The molecule has 1 aliphatic heterocycles. The van der Waals surface area contributed by atoms with Crippen LogP contribution in [0.3, 0.4) is 0 Å². The minimum atomic E-state index is -0.712. The van der Waals surface area contributed by atoms with Crippen molar-refractivity contribution in [1.82, 2.24) is 10.2 Å². The van der Waals surface area contributed by atoms with Gasteiger partial charge in [-0.05, 0) is 39.2 Å². The molecule has 0 aromatic carbocycles. The summed E-state index contributed by atoms with van der Waals surface area (Å²) in [4.78, 5) is 14.0. The van der Waals surface area contributed by atoms with Crippen molar-refractivity contribution in [2.45, 2.75) is 57.2 Å². The van der Waals surface area contributed by atoms with Crippen LogP contribution in [0.1, 0.15) is 39.5 Å². The van der Waals surface area contributed by atoms with Gasteiger partial charge in [-0.1, -0.05) is 6.92 Å². The normalized spacial score (nSPS) is 37.2. The number of likely N-dealkylation sites (N-methyl/N-ethyl adjacent to an activating group) is 1. The molecule has 2 fully saturated rings. The Kier molecular flexibility index (Phi) is 4.81. The number of nitrogens with one attached hydrogen (secondary N) is 1. The van der Waals surface area contributed by atoms with Crippen LogP contribution in [0.5, 0.6) is 0 Å². The molecule has 2 aliphatic rings. The fraction of sp³-hybridized carbons (Fsp3) is 0.929.